The largest absolute Gasteiger partial charge is 0.492 e. The fraction of sp³-hybridized carbons (Fsp3) is 0.171. The zero-order valence-electron chi connectivity index (χ0n) is 30.4. The summed E-state index contributed by atoms with van der Waals surface area (Å²) in [6, 6.07) is 10.0. The maximum Gasteiger partial charge on any atom is 0.492 e. The summed E-state index contributed by atoms with van der Waals surface area (Å²) in [7, 11) is 6.97. The van der Waals surface area contributed by atoms with Crippen LogP contribution >= 0.6 is 69.6 Å². The van der Waals surface area contributed by atoms with Crippen LogP contribution in [0.5, 0.6) is 35.3 Å². The first-order valence-corrected chi connectivity index (χ1v) is 18.1. The lowest BCUT2D eigenvalue weighted by atomic mass is 9.79. The van der Waals surface area contributed by atoms with Crippen molar-refractivity contribution in [3.63, 3.8) is 0 Å². The van der Waals surface area contributed by atoms with E-state index in [1.165, 1.54) is 48.7 Å². The molecule has 0 spiro atoms. The molecule has 22 heteroatoms. The van der Waals surface area contributed by atoms with E-state index in [1.807, 2.05) is 12.1 Å². The highest BCUT2D eigenvalue weighted by Crippen LogP contribution is 2.40. The van der Waals surface area contributed by atoms with Crippen LogP contribution in [0.15, 0.2) is 48.8 Å². The van der Waals surface area contributed by atoms with Gasteiger partial charge in [-0.1, -0.05) is 69.6 Å². The van der Waals surface area contributed by atoms with Crippen LogP contribution in [0.2, 0.25) is 30.1 Å². The lowest BCUT2D eigenvalue weighted by molar-refractivity contribution is 0.334. The van der Waals surface area contributed by atoms with Gasteiger partial charge in [-0.05, 0) is 42.0 Å². The first kappa shape index (κ1) is 43.5. The summed E-state index contributed by atoms with van der Waals surface area (Å²) in [5, 5.41) is 20.6. The Bertz CT molecular complexity index is 2530. The van der Waals surface area contributed by atoms with Gasteiger partial charge in [-0.25, -0.2) is 29.9 Å². The number of aromatic nitrogens is 7. The molecule has 0 bridgehead atoms. The third kappa shape index (κ3) is 9.40. The van der Waals surface area contributed by atoms with E-state index in [9.17, 15) is 10.0 Å². The summed E-state index contributed by atoms with van der Waals surface area (Å²) < 4.78 is 30.5. The third-order valence-electron chi connectivity index (χ3n) is 7.65. The molecular weight excluding hydrogens is 870 g/mol. The maximum atomic E-state index is 9.39. The van der Waals surface area contributed by atoms with Gasteiger partial charge in [0.05, 0.1) is 100 Å². The Morgan fingerprint density at radius 2 is 0.807 bits per heavy atom. The topological polar surface area (TPSA) is 186 Å². The molecule has 0 radical (unpaired) electrons. The van der Waals surface area contributed by atoms with Crippen molar-refractivity contribution in [2.75, 3.05) is 42.7 Å². The molecule has 0 aliphatic rings. The summed E-state index contributed by atoms with van der Waals surface area (Å²) >= 11 is 36.2. The van der Waals surface area contributed by atoms with Crippen molar-refractivity contribution < 1.29 is 38.5 Å². The fourth-order valence-electron chi connectivity index (χ4n) is 5.07. The average Bonchev–Trinajstić information content (AvgIpc) is 3.21. The molecule has 0 aliphatic heterocycles. The van der Waals surface area contributed by atoms with Crippen molar-refractivity contribution in [3.05, 3.63) is 78.9 Å². The van der Waals surface area contributed by atoms with E-state index in [2.05, 4.69) is 34.9 Å². The van der Waals surface area contributed by atoms with Gasteiger partial charge in [0, 0.05) is 23.4 Å². The molecule has 57 heavy (non-hydrogen) atoms. The number of methoxy groups -OCH3 is 6. The second kappa shape index (κ2) is 19.2. The van der Waals surface area contributed by atoms with Crippen LogP contribution in [0, 0.1) is 0 Å². The smallest absolute Gasteiger partial charge is 0.477 e. The molecule has 0 aliphatic carbocycles. The number of hydrogen-bond donors (Lipinski definition) is 2. The van der Waals surface area contributed by atoms with Gasteiger partial charge in [-0.2, -0.15) is 0 Å². The van der Waals surface area contributed by atoms with E-state index in [4.69, 9.17) is 98.0 Å². The van der Waals surface area contributed by atoms with E-state index in [0.29, 0.717) is 65.0 Å². The number of nitrogens with zero attached hydrogens (tertiary/aromatic N) is 7. The van der Waals surface area contributed by atoms with Gasteiger partial charge in [0.1, 0.15) is 5.52 Å². The molecule has 4 aromatic heterocycles. The molecule has 296 valence electrons. The molecule has 3 aromatic carbocycles. The molecule has 2 N–H and O–H groups in total. The van der Waals surface area contributed by atoms with Crippen molar-refractivity contribution in [2.45, 2.75) is 0 Å². The number of pyridine rings is 1. The van der Waals surface area contributed by atoms with E-state index in [-0.39, 0.29) is 44.5 Å². The number of hydrogen-bond acceptors (Lipinski definition) is 15. The predicted molar refractivity (Wildman–Crippen MR) is 221 cm³/mol. The standard InChI is InChI=1S/C15H11Cl2N3O2.C10H9BCl2N2O4.C10H8Cl2N2O2/c1-21-14-15(22-2)20-13-10(19-14)7-9(16)12(17)11(13)8-3-5-18-6-4-8;1-18-9-10(19-2)15-8-5(14-9)3-4(12)7(13)6(8)11(16)17;1-15-9-10(16-2)14-8-4-6(12)5(11)3-7(8)13-9/h3-7H,1-2H3;3,16-17H,1-2H3;3-4H,1-2H3. The minimum atomic E-state index is -1.83. The minimum absolute atomic E-state index is 0.00527. The first-order chi connectivity index (χ1) is 27.3. The Kier molecular flexibility index (Phi) is 14.6. The molecule has 0 saturated carbocycles. The second-order valence-electron chi connectivity index (χ2n) is 11.0. The lowest BCUT2D eigenvalue weighted by Gasteiger charge is -2.12. The number of ether oxygens (including phenoxy) is 6. The first-order valence-electron chi connectivity index (χ1n) is 15.9. The summed E-state index contributed by atoms with van der Waals surface area (Å²) in [5.74, 6) is 1.46. The number of fused-ring (bicyclic) bond motifs is 3. The minimum Gasteiger partial charge on any atom is -0.477 e. The number of benzene rings is 3. The summed E-state index contributed by atoms with van der Waals surface area (Å²) in [6.45, 7) is 0. The van der Waals surface area contributed by atoms with Gasteiger partial charge in [0.15, 0.2) is 0 Å². The van der Waals surface area contributed by atoms with E-state index in [1.54, 1.807) is 30.6 Å². The van der Waals surface area contributed by atoms with E-state index >= 15 is 0 Å². The van der Waals surface area contributed by atoms with Crippen LogP contribution in [0.4, 0.5) is 0 Å². The van der Waals surface area contributed by atoms with Gasteiger partial charge < -0.3 is 38.5 Å². The average molecular weight is 898 g/mol. The molecule has 0 atom stereocenters. The Balaban J connectivity index is 0.000000165. The van der Waals surface area contributed by atoms with Gasteiger partial charge in [-0.3, -0.25) is 4.98 Å². The van der Waals surface area contributed by atoms with Gasteiger partial charge >= 0.3 is 7.12 Å². The highest BCUT2D eigenvalue weighted by molar-refractivity contribution is 6.67. The van der Waals surface area contributed by atoms with Crippen LogP contribution < -0.4 is 33.9 Å². The van der Waals surface area contributed by atoms with Crippen molar-refractivity contribution >= 4 is 115 Å². The van der Waals surface area contributed by atoms with Crippen LogP contribution in [0.3, 0.4) is 0 Å². The Morgan fingerprint density at radius 3 is 1.23 bits per heavy atom. The fourth-order valence-corrected chi connectivity index (χ4v) is 6.29. The molecule has 4 heterocycles. The molecule has 15 nitrogen and oxygen atoms in total. The molecule has 7 rings (SSSR count). The molecule has 0 unspecified atom stereocenters. The molecule has 0 saturated heterocycles. The Labute approximate surface area is 354 Å². The summed E-state index contributed by atoms with van der Waals surface area (Å²) in [4.78, 5) is 29.5. The Hall–Kier alpha value is -4.65. The van der Waals surface area contributed by atoms with Crippen molar-refractivity contribution in [1.29, 1.82) is 0 Å². The van der Waals surface area contributed by atoms with E-state index in [0.717, 1.165) is 5.56 Å². The van der Waals surface area contributed by atoms with Crippen molar-refractivity contribution in [1.82, 2.24) is 34.9 Å². The predicted octanol–water partition coefficient (Wildman–Crippen LogP) is 7.60. The normalized spacial score (nSPS) is 10.6. The molecule has 0 amide bonds. The van der Waals surface area contributed by atoms with Gasteiger partial charge in [0.25, 0.3) is 35.3 Å². The van der Waals surface area contributed by atoms with Gasteiger partial charge in [0.2, 0.25) is 0 Å². The third-order valence-corrected chi connectivity index (χ3v) is 9.96. The zero-order chi connectivity index (χ0) is 41.6. The van der Waals surface area contributed by atoms with Crippen LogP contribution in [-0.2, 0) is 0 Å². The quantitative estimate of drug-likeness (QED) is 0.142. The summed E-state index contributed by atoms with van der Waals surface area (Å²) in [6.07, 6.45) is 3.35. The van der Waals surface area contributed by atoms with E-state index < -0.39 is 7.12 Å². The van der Waals surface area contributed by atoms with Crippen LogP contribution in [0.1, 0.15) is 0 Å². The highest BCUT2D eigenvalue weighted by atomic mass is 35.5. The molecule has 7 aromatic rings. The molecule has 0 fully saturated rings. The number of rotatable bonds is 8. The molecular formula is C35H28BCl6N7O8. The van der Waals surface area contributed by atoms with Crippen molar-refractivity contribution in [2.24, 2.45) is 0 Å². The second-order valence-corrected chi connectivity index (χ2v) is 13.3. The number of halogens is 6. The SMILES string of the molecule is COc1nc2cc(Cl)c(Cl)c(-c3ccncc3)c2nc1OC.COc1nc2cc(Cl)c(Cl)c(B(O)O)c2nc1OC.COc1nc2cc(Cl)c(Cl)cc2nc1OC. The van der Waals surface area contributed by atoms with Crippen molar-refractivity contribution in [3.8, 4) is 46.4 Å². The highest BCUT2D eigenvalue weighted by Gasteiger charge is 2.25. The zero-order valence-corrected chi connectivity index (χ0v) is 35.0. The Morgan fingerprint density at radius 1 is 0.456 bits per heavy atom. The monoisotopic (exact) mass is 895 g/mol. The maximum absolute atomic E-state index is 9.39. The van der Waals surface area contributed by atoms with Crippen LogP contribution in [-0.4, -0.2) is 94.7 Å². The van der Waals surface area contributed by atoms with Gasteiger partial charge in [-0.15, -0.1) is 0 Å². The summed E-state index contributed by atoms with van der Waals surface area (Å²) in [5.41, 5.74) is 4.35. The van der Waals surface area contributed by atoms with Crippen LogP contribution in [0.25, 0.3) is 44.2 Å². The lowest BCUT2D eigenvalue weighted by Crippen LogP contribution is -2.32.